The Balaban J connectivity index is 1.52. The fourth-order valence-corrected chi connectivity index (χ4v) is 4.35. The molecule has 0 radical (unpaired) electrons. The minimum atomic E-state index is -4.08. The summed E-state index contributed by atoms with van der Waals surface area (Å²) in [6, 6.07) is 12.1. The second-order valence-corrected chi connectivity index (χ2v) is 10.3. The van der Waals surface area contributed by atoms with Crippen LogP contribution in [0.4, 0.5) is 4.79 Å². The van der Waals surface area contributed by atoms with Gasteiger partial charge in [0.15, 0.2) is 0 Å². The zero-order chi connectivity index (χ0) is 28.1. The number of methoxy groups -OCH3 is 1. The van der Waals surface area contributed by atoms with Crippen LogP contribution in [0.2, 0.25) is 10.0 Å². The number of aromatic nitrogens is 2. The Kier molecular flexibility index (Phi) is 12.0. The second kappa shape index (κ2) is 15.4. The van der Waals surface area contributed by atoms with Crippen molar-refractivity contribution in [2.45, 2.75) is 19.3 Å². The molecule has 0 atom stereocenters. The van der Waals surface area contributed by atoms with Crippen molar-refractivity contribution < 1.29 is 32.2 Å². The summed E-state index contributed by atoms with van der Waals surface area (Å²) >= 11 is 12.1. The summed E-state index contributed by atoms with van der Waals surface area (Å²) in [7, 11) is -2.50. The number of carbonyl (C=O) groups excluding carboxylic acids is 1. The number of benzene rings is 1. The van der Waals surface area contributed by atoms with Crippen LogP contribution in [0.25, 0.3) is 0 Å². The number of pyridine rings is 2. The highest BCUT2D eigenvalue weighted by molar-refractivity contribution is 7.88. The molecule has 3 aromatic rings. The minimum Gasteiger partial charge on any atom is -0.491 e. The van der Waals surface area contributed by atoms with Gasteiger partial charge in [-0.05, 0) is 42.7 Å². The van der Waals surface area contributed by atoms with E-state index >= 15 is 0 Å². The first kappa shape index (κ1) is 30.4. The minimum absolute atomic E-state index is 0.0409. The molecule has 0 bridgehead atoms. The number of hydrogen-bond acceptors (Lipinski definition) is 9. The van der Waals surface area contributed by atoms with Crippen molar-refractivity contribution in [2.24, 2.45) is 0 Å². The van der Waals surface area contributed by atoms with Crippen LogP contribution in [0.3, 0.4) is 0 Å². The van der Waals surface area contributed by atoms with Crippen molar-refractivity contribution in [3.8, 4) is 17.4 Å². The van der Waals surface area contributed by atoms with E-state index in [-0.39, 0.29) is 24.1 Å². The molecule has 39 heavy (non-hydrogen) atoms. The molecule has 2 aromatic heterocycles. The van der Waals surface area contributed by atoms with Gasteiger partial charge in [-0.3, -0.25) is 4.98 Å². The number of hydrogen-bond donors (Lipinski definition) is 2. The van der Waals surface area contributed by atoms with E-state index in [9.17, 15) is 13.2 Å². The molecule has 0 aliphatic heterocycles. The molecule has 3 rings (SSSR count). The van der Waals surface area contributed by atoms with Gasteiger partial charge in [0.1, 0.15) is 23.1 Å². The van der Waals surface area contributed by atoms with Crippen LogP contribution in [0, 0.1) is 0 Å². The van der Waals surface area contributed by atoms with Gasteiger partial charge in [0.2, 0.25) is 5.88 Å². The summed E-state index contributed by atoms with van der Waals surface area (Å²) in [5.41, 5.74) is 1.48. The third kappa shape index (κ3) is 10.9. The Bertz CT molecular complexity index is 1330. The van der Waals surface area contributed by atoms with Crippen molar-refractivity contribution >= 4 is 39.5 Å². The van der Waals surface area contributed by atoms with E-state index in [1.807, 2.05) is 4.72 Å². The normalized spacial score (nSPS) is 11.2. The standard InChI is InChI=1S/C25H28Cl2N4O7S/c1-35-13-14-36-21-8-7-18(23(16-21)38-24-22(27)15-19(26)17-29-24)5-4-12-37-25(32)31-39(33,34)30-11-9-20-6-2-3-10-28-20/h2-3,6-8,10,15-17,30H,4-5,9,11-14H2,1H3,(H,31,32). The molecule has 2 N–H and O–H groups in total. The fourth-order valence-electron chi connectivity index (χ4n) is 3.21. The van der Waals surface area contributed by atoms with Crippen molar-refractivity contribution in [2.75, 3.05) is 33.5 Å². The van der Waals surface area contributed by atoms with Gasteiger partial charge in [0, 0.05) is 44.2 Å². The van der Waals surface area contributed by atoms with Crippen molar-refractivity contribution in [1.29, 1.82) is 0 Å². The van der Waals surface area contributed by atoms with Crippen LogP contribution in [0.15, 0.2) is 54.9 Å². The molecule has 11 nitrogen and oxygen atoms in total. The van der Waals surface area contributed by atoms with Gasteiger partial charge in [0.25, 0.3) is 0 Å². The smallest absolute Gasteiger partial charge is 0.421 e. The summed E-state index contributed by atoms with van der Waals surface area (Å²) in [4.78, 5) is 20.2. The van der Waals surface area contributed by atoms with Gasteiger partial charge >= 0.3 is 16.3 Å². The maximum absolute atomic E-state index is 12.1. The van der Waals surface area contributed by atoms with E-state index in [1.165, 1.54) is 12.3 Å². The topological polar surface area (TPSA) is 138 Å². The van der Waals surface area contributed by atoms with Crippen molar-refractivity contribution in [1.82, 2.24) is 19.4 Å². The zero-order valence-corrected chi connectivity index (χ0v) is 23.4. The van der Waals surface area contributed by atoms with Gasteiger partial charge in [-0.1, -0.05) is 35.3 Å². The summed E-state index contributed by atoms with van der Waals surface area (Å²) < 4.78 is 49.9. The molecule has 14 heteroatoms. The molecule has 0 fully saturated rings. The van der Waals surface area contributed by atoms with Gasteiger partial charge in [-0.2, -0.15) is 13.1 Å². The monoisotopic (exact) mass is 598 g/mol. The van der Waals surface area contributed by atoms with Crippen LogP contribution in [0.5, 0.6) is 17.4 Å². The number of nitrogens with zero attached hydrogens (tertiary/aromatic N) is 2. The maximum Gasteiger partial charge on any atom is 0.421 e. The molecule has 0 aliphatic rings. The molecule has 0 unspecified atom stereocenters. The van der Waals surface area contributed by atoms with Gasteiger partial charge < -0.3 is 18.9 Å². The quantitative estimate of drug-likeness (QED) is 0.245. The van der Waals surface area contributed by atoms with E-state index in [0.717, 1.165) is 11.3 Å². The highest BCUT2D eigenvalue weighted by atomic mass is 35.5. The first-order chi connectivity index (χ1) is 18.8. The third-order valence-corrected chi connectivity index (χ3v) is 6.51. The van der Waals surface area contributed by atoms with Crippen LogP contribution >= 0.6 is 23.2 Å². The summed E-state index contributed by atoms with van der Waals surface area (Å²) in [6.45, 7) is 0.789. The number of rotatable bonds is 15. The number of ether oxygens (including phenoxy) is 4. The Morgan fingerprint density at radius 1 is 1.03 bits per heavy atom. The molecule has 2 heterocycles. The number of halogens is 2. The van der Waals surface area contributed by atoms with E-state index < -0.39 is 16.3 Å². The van der Waals surface area contributed by atoms with E-state index in [1.54, 1.807) is 49.7 Å². The van der Waals surface area contributed by atoms with Crippen LogP contribution in [-0.2, 0) is 32.5 Å². The molecular formula is C25H28Cl2N4O7S. The van der Waals surface area contributed by atoms with Gasteiger partial charge in [0.05, 0.1) is 18.2 Å². The van der Waals surface area contributed by atoms with E-state index in [0.29, 0.717) is 49.0 Å². The number of nitrogens with one attached hydrogen (secondary N) is 2. The lowest BCUT2D eigenvalue weighted by Crippen LogP contribution is -2.41. The molecule has 1 aromatic carbocycles. The Morgan fingerprint density at radius 2 is 1.87 bits per heavy atom. The van der Waals surface area contributed by atoms with Crippen LogP contribution in [-0.4, -0.2) is 58.0 Å². The molecule has 210 valence electrons. The van der Waals surface area contributed by atoms with Gasteiger partial charge in [-0.25, -0.2) is 14.5 Å². The highest BCUT2D eigenvalue weighted by Gasteiger charge is 2.16. The van der Waals surface area contributed by atoms with Crippen molar-refractivity contribution in [3.05, 3.63) is 76.2 Å². The lowest BCUT2D eigenvalue weighted by atomic mass is 10.1. The lowest BCUT2D eigenvalue weighted by Gasteiger charge is -2.14. The average molecular weight is 599 g/mol. The highest BCUT2D eigenvalue weighted by Crippen LogP contribution is 2.33. The SMILES string of the molecule is COCCOc1ccc(CCCOC(=O)NS(=O)(=O)NCCc2ccccn2)c(Oc2ncc(Cl)cc2Cl)c1. The first-order valence-electron chi connectivity index (χ1n) is 11.8. The molecule has 0 saturated heterocycles. The zero-order valence-electron chi connectivity index (χ0n) is 21.1. The van der Waals surface area contributed by atoms with E-state index in [2.05, 4.69) is 14.7 Å². The van der Waals surface area contributed by atoms with Gasteiger partial charge in [-0.15, -0.1) is 0 Å². The largest absolute Gasteiger partial charge is 0.491 e. The maximum atomic E-state index is 12.1. The summed E-state index contributed by atoms with van der Waals surface area (Å²) in [5.74, 6) is 1.14. The fraction of sp³-hybridized carbons (Fsp3) is 0.320. The summed E-state index contributed by atoms with van der Waals surface area (Å²) in [5, 5.41) is 0.596. The number of amides is 1. The Labute approximate surface area is 236 Å². The number of carbonyl (C=O) groups is 1. The van der Waals surface area contributed by atoms with Crippen molar-refractivity contribution in [3.63, 3.8) is 0 Å². The molecular weight excluding hydrogens is 571 g/mol. The predicted molar refractivity (Wildman–Crippen MR) is 146 cm³/mol. The third-order valence-electron chi connectivity index (χ3n) is 5.02. The molecule has 0 saturated carbocycles. The summed E-state index contributed by atoms with van der Waals surface area (Å²) in [6.07, 6.45) is 3.12. The Morgan fingerprint density at radius 3 is 2.62 bits per heavy atom. The van der Waals surface area contributed by atoms with Crippen LogP contribution in [0.1, 0.15) is 17.7 Å². The Hall–Kier alpha value is -3.16. The van der Waals surface area contributed by atoms with E-state index in [4.69, 9.17) is 42.1 Å². The van der Waals surface area contributed by atoms with Crippen LogP contribution < -0.4 is 18.9 Å². The average Bonchev–Trinajstić information content (AvgIpc) is 2.89. The first-order valence-corrected chi connectivity index (χ1v) is 14.1. The molecule has 1 amide bonds. The second-order valence-electron chi connectivity index (χ2n) is 7.96. The number of aryl methyl sites for hydroxylation is 1. The molecule has 0 spiro atoms. The predicted octanol–water partition coefficient (Wildman–Crippen LogP) is 4.34. The molecule has 0 aliphatic carbocycles. The lowest BCUT2D eigenvalue weighted by molar-refractivity contribution is 0.146.